The number of pyridine rings is 1. The highest BCUT2D eigenvalue weighted by Gasteiger charge is 2.06. The van der Waals surface area contributed by atoms with Crippen LogP contribution in [0.25, 0.3) is 0 Å². The molecule has 6 heteroatoms. The van der Waals surface area contributed by atoms with Crippen molar-refractivity contribution in [2.45, 2.75) is 11.1 Å². The Morgan fingerprint density at radius 2 is 2.33 bits per heavy atom. The van der Waals surface area contributed by atoms with Crippen molar-refractivity contribution >= 4 is 17.4 Å². The lowest BCUT2D eigenvalue weighted by Gasteiger charge is -2.06. The molecule has 1 aromatic rings. The van der Waals surface area contributed by atoms with E-state index >= 15 is 0 Å². The van der Waals surface area contributed by atoms with E-state index in [9.17, 15) is 0 Å². The van der Waals surface area contributed by atoms with Crippen LogP contribution in [0.1, 0.15) is 5.69 Å². The van der Waals surface area contributed by atoms with E-state index in [0.29, 0.717) is 16.5 Å². The minimum absolute atomic E-state index is 0.179. The van der Waals surface area contributed by atoms with Crippen LogP contribution in [0.2, 0.25) is 0 Å². The highest BCUT2D eigenvalue weighted by atomic mass is 32.2. The molecule has 0 saturated heterocycles. The van der Waals surface area contributed by atoms with Gasteiger partial charge in [-0.1, -0.05) is 0 Å². The van der Waals surface area contributed by atoms with Gasteiger partial charge in [0, 0.05) is 5.75 Å². The standard InChI is InChI=1S/C9H11N3O2S/c10-3-8-7(11)1-2-9(12-8)15-5-6(14)4-13/h1-2,6,13-14H,4-5,11H2. The van der Waals surface area contributed by atoms with Gasteiger partial charge < -0.3 is 15.9 Å². The molecule has 4 N–H and O–H groups in total. The molecule has 15 heavy (non-hydrogen) atoms. The first-order valence-corrected chi connectivity index (χ1v) is 5.24. The van der Waals surface area contributed by atoms with Crippen LogP contribution in [0.15, 0.2) is 17.2 Å². The average molecular weight is 225 g/mol. The fourth-order valence-electron chi connectivity index (χ4n) is 0.856. The normalized spacial score (nSPS) is 12.1. The second-order valence-electron chi connectivity index (χ2n) is 2.85. The molecule has 0 aliphatic carbocycles. The highest BCUT2D eigenvalue weighted by molar-refractivity contribution is 7.99. The third-order valence-electron chi connectivity index (χ3n) is 1.64. The summed E-state index contributed by atoms with van der Waals surface area (Å²) in [6.45, 7) is -0.285. The van der Waals surface area contributed by atoms with Gasteiger partial charge in [-0.3, -0.25) is 0 Å². The summed E-state index contributed by atoms with van der Waals surface area (Å²) in [5, 5.41) is 27.0. The predicted molar refractivity (Wildman–Crippen MR) is 57.2 cm³/mol. The number of aromatic nitrogens is 1. The first-order chi connectivity index (χ1) is 7.17. The third-order valence-corrected chi connectivity index (χ3v) is 2.72. The molecule has 80 valence electrons. The lowest BCUT2D eigenvalue weighted by atomic mass is 10.3. The minimum Gasteiger partial charge on any atom is -0.396 e. The highest BCUT2D eigenvalue weighted by Crippen LogP contribution is 2.19. The van der Waals surface area contributed by atoms with Gasteiger partial charge in [-0.25, -0.2) is 4.98 Å². The quantitative estimate of drug-likeness (QED) is 0.622. The van der Waals surface area contributed by atoms with Crippen molar-refractivity contribution in [3.8, 4) is 6.07 Å². The van der Waals surface area contributed by atoms with Gasteiger partial charge in [0.2, 0.25) is 0 Å². The zero-order chi connectivity index (χ0) is 11.3. The largest absolute Gasteiger partial charge is 0.396 e. The molecule has 0 radical (unpaired) electrons. The van der Waals surface area contributed by atoms with Crippen molar-refractivity contribution in [2.75, 3.05) is 18.1 Å². The van der Waals surface area contributed by atoms with Crippen LogP contribution in [0.4, 0.5) is 5.69 Å². The van der Waals surface area contributed by atoms with E-state index in [2.05, 4.69) is 4.98 Å². The minimum atomic E-state index is -0.778. The van der Waals surface area contributed by atoms with Gasteiger partial charge in [0.1, 0.15) is 6.07 Å². The first kappa shape index (κ1) is 11.8. The van der Waals surface area contributed by atoms with Gasteiger partial charge in [0.05, 0.1) is 23.4 Å². The molecule has 0 amide bonds. The molecular weight excluding hydrogens is 214 g/mol. The van der Waals surface area contributed by atoms with Gasteiger partial charge in [0.15, 0.2) is 5.69 Å². The van der Waals surface area contributed by atoms with Crippen LogP contribution in [0.3, 0.4) is 0 Å². The fraction of sp³-hybridized carbons (Fsp3) is 0.333. The van der Waals surface area contributed by atoms with Crippen LogP contribution >= 0.6 is 11.8 Å². The topological polar surface area (TPSA) is 103 Å². The molecule has 1 unspecified atom stereocenters. The molecule has 1 heterocycles. The smallest absolute Gasteiger partial charge is 0.164 e. The number of nitrogen functional groups attached to an aromatic ring is 1. The molecule has 0 saturated carbocycles. The lowest BCUT2D eigenvalue weighted by molar-refractivity contribution is 0.113. The Morgan fingerprint density at radius 1 is 1.60 bits per heavy atom. The van der Waals surface area contributed by atoms with Crippen molar-refractivity contribution in [3.63, 3.8) is 0 Å². The number of hydrogen-bond donors (Lipinski definition) is 3. The second kappa shape index (κ2) is 5.56. The summed E-state index contributed by atoms with van der Waals surface area (Å²) in [4.78, 5) is 3.98. The summed E-state index contributed by atoms with van der Waals surface area (Å²) in [5.74, 6) is 0.332. The molecule has 5 nitrogen and oxygen atoms in total. The maximum Gasteiger partial charge on any atom is 0.164 e. The van der Waals surface area contributed by atoms with E-state index in [0.717, 1.165) is 0 Å². The summed E-state index contributed by atoms with van der Waals surface area (Å²) in [7, 11) is 0. The Morgan fingerprint density at radius 3 is 2.93 bits per heavy atom. The second-order valence-corrected chi connectivity index (χ2v) is 3.89. The van der Waals surface area contributed by atoms with Crippen LogP contribution < -0.4 is 5.73 Å². The van der Waals surface area contributed by atoms with Crippen molar-refractivity contribution in [3.05, 3.63) is 17.8 Å². The molecule has 0 aromatic carbocycles. The van der Waals surface area contributed by atoms with Gasteiger partial charge in [-0.2, -0.15) is 5.26 Å². The molecule has 0 fully saturated rings. The van der Waals surface area contributed by atoms with Crippen LogP contribution in [0.5, 0.6) is 0 Å². The number of hydrogen-bond acceptors (Lipinski definition) is 6. The summed E-state index contributed by atoms with van der Waals surface area (Å²) < 4.78 is 0. The third kappa shape index (κ3) is 3.40. The predicted octanol–water partition coefficient (Wildman–Crippen LogP) is -0.0192. The molecule has 0 bridgehead atoms. The van der Waals surface area contributed by atoms with Crippen molar-refractivity contribution in [1.82, 2.24) is 4.98 Å². The van der Waals surface area contributed by atoms with Crippen molar-refractivity contribution < 1.29 is 10.2 Å². The van der Waals surface area contributed by atoms with E-state index in [4.69, 9.17) is 21.2 Å². The number of nitriles is 1. The summed E-state index contributed by atoms with van der Waals surface area (Å²) >= 11 is 1.26. The molecular formula is C9H11N3O2S. The molecule has 1 atom stereocenters. The van der Waals surface area contributed by atoms with Crippen LogP contribution in [-0.4, -0.2) is 33.7 Å². The Labute approximate surface area is 91.6 Å². The molecule has 0 aliphatic heterocycles. The van der Waals surface area contributed by atoms with E-state index in [1.165, 1.54) is 11.8 Å². The lowest BCUT2D eigenvalue weighted by Crippen LogP contribution is -2.14. The Bertz CT molecular complexity index is 378. The number of aliphatic hydroxyl groups excluding tert-OH is 2. The Hall–Kier alpha value is -1.29. The molecule has 0 aliphatic rings. The van der Waals surface area contributed by atoms with Crippen LogP contribution in [-0.2, 0) is 0 Å². The SMILES string of the molecule is N#Cc1nc(SCC(O)CO)ccc1N. The monoisotopic (exact) mass is 225 g/mol. The number of rotatable bonds is 4. The van der Waals surface area contributed by atoms with Gasteiger partial charge in [-0.05, 0) is 12.1 Å². The average Bonchev–Trinajstić information content (AvgIpc) is 2.27. The van der Waals surface area contributed by atoms with Gasteiger partial charge in [-0.15, -0.1) is 11.8 Å². The van der Waals surface area contributed by atoms with Crippen molar-refractivity contribution in [1.29, 1.82) is 5.26 Å². The molecule has 0 spiro atoms. The van der Waals surface area contributed by atoms with Crippen molar-refractivity contribution in [2.24, 2.45) is 0 Å². The van der Waals surface area contributed by atoms with E-state index < -0.39 is 6.10 Å². The summed E-state index contributed by atoms with van der Waals surface area (Å²) in [6, 6.07) is 5.14. The Kier molecular flexibility index (Phi) is 4.37. The zero-order valence-electron chi connectivity index (χ0n) is 7.92. The summed E-state index contributed by atoms with van der Waals surface area (Å²) in [6.07, 6.45) is -0.778. The zero-order valence-corrected chi connectivity index (χ0v) is 8.74. The number of nitrogens with two attached hydrogens (primary N) is 1. The van der Waals surface area contributed by atoms with Gasteiger partial charge >= 0.3 is 0 Å². The first-order valence-electron chi connectivity index (χ1n) is 4.25. The molecule has 1 aromatic heterocycles. The summed E-state index contributed by atoms with van der Waals surface area (Å²) in [5.41, 5.74) is 6.02. The molecule has 1 rings (SSSR count). The van der Waals surface area contributed by atoms with E-state index in [-0.39, 0.29) is 12.3 Å². The van der Waals surface area contributed by atoms with Gasteiger partial charge in [0.25, 0.3) is 0 Å². The number of thioether (sulfide) groups is 1. The number of aliphatic hydroxyl groups is 2. The number of nitrogens with zero attached hydrogens (tertiary/aromatic N) is 2. The maximum atomic E-state index is 9.11. The Balaban J connectivity index is 2.67. The van der Waals surface area contributed by atoms with Crippen LogP contribution in [0, 0.1) is 11.3 Å². The number of anilines is 1. The van der Waals surface area contributed by atoms with E-state index in [1.807, 2.05) is 6.07 Å². The van der Waals surface area contributed by atoms with E-state index in [1.54, 1.807) is 12.1 Å². The fourth-order valence-corrected chi connectivity index (χ4v) is 1.64. The maximum absolute atomic E-state index is 9.11.